The standard InChI is InChI=1S/C11H9NO4/c12-10(13)6-16-9-5-15-8-4-2-1-3-7(8)11(9)14/h1-5H,6H2,(H2,12,13). The maximum atomic E-state index is 11.8. The quantitative estimate of drug-likeness (QED) is 0.821. The molecule has 0 aliphatic rings. The molecule has 1 amide bonds. The SMILES string of the molecule is NC(=O)COc1coc2ccccc2c1=O. The van der Waals surface area contributed by atoms with E-state index in [-0.39, 0.29) is 17.8 Å². The fourth-order valence-corrected chi connectivity index (χ4v) is 1.31. The lowest BCUT2D eigenvalue weighted by molar-refractivity contribution is -0.119. The van der Waals surface area contributed by atoms with Crippen LogP contribution in [0.2, 0.25) is 0 Å². The first-order chi connectivity index (χ1) is 7.68. The number of rotatable bonds is 3. The Kier molecular flexibility index (Phi) is 2.59. The lowest BCUT2D eigenvalue weighted by Crippen LogP contribution is -2.22. The minimum Gasteiger partial charge on any atom is -0.477 e. The predicted octanol–water partition coefficient (Wildman–Crippen LogP) is 0.657. The van der Waals surface area contributed by atoms with Crippen LogP contribution in [0.3, 0.4) is 0 Å². The molecule has 16 heavy (non-hydrogen) atoms. The molecule has 2 rings (SSSR count). The molecule has 0 spiro atoms. The highest BCUT2D eigenvalue weighted by Gasteiger charge is 2.07. The van der Waals surface area contributed by atoms with Crippen molar-refractivity contribution in [2.45, 2.75) is 0 Å². The van der Waals surface area contributed by atoms with Gasteiger partial charge in [0.05, 0.1) is 5.39 Å². The van der Waals surface area contributed by atoms with Gasteiger partial charge < -0.3 is 14.9 Å². The summed E-state index contributed by atoms with van der Waals surface area (Å²) in [7, 11) is 0. The van der Waals surface area contributed by atoms with Crippen molar-refractivity contribution in [2.24, 2.45) is 5.73 Å². The number of ether oxygens (including phenoxy) is 1. The number of benzene rings is 1. The van der Waals surface area contributed by atoms with E-state index in [0.717, 1.165) is 0 Å². The van der Waals surface area contributed by atoms with Gasteiger partial charge in [0, 0.05) is 0 Å². The van der Waals surface area contributed by atoms with Crippen molar-refractivity contribution in [3.8, 4) is 5.75 Å². The van der Waals surface area contributed by atoms with Crippen molar-refractivity contribution in [1.82, 2.24) is 0 Å². The molecular weight excluding hydrogens is 210 g/mol. The molecule has 0 aliphatic carbocycles. The Morgan fingerprint density at radius 3 is 2.88 bits per heavy atom. The number of amides is 1. The summed E-state index contributed by atoms with van der Waals surface area (Å²) in [6.45, 7) is -0.344. The summed E-state index contributed by atoms with van der Waals surface area (Å²) in [5.74, 6) is -0.662. The Bertz CT molecular complexity index is 588. The number of carbonyl (C=O) groups excluding carboxylic acids is 1. The van der Waals surface area contributed by atoms with Crippen LogP contribution < -0.4 is 15.9 Å². The van der Waals surface area contributed by atoms with Gasteiger partial charge in [-0.05, 0) is 12.1 Å². The number of primary amides is 1. The van der Waals surface area contributed by atoms with Gasteiger partial charge in [0.25, 0.3) is 5.91 Å². The molecule has 0 unspecified atom stereocenters. The Morgan fingerprint density at radius 2 is 2.12 bits per heavy atom. The van der Waals surface area contributed by atoms with E-state index >= 15 is 0 Å². The fraction of sp³-hybridized carbons (Fsp3) is 0.0909. The molecule has 0 saturated carbocycles. The smallest absolute Gasteiger partial charge is 0.255 e. The number of nitrogens with two attached hydrogens (primary N) is 1. The maximum absolute atomic E-state index is 11.8. The molecular formula is C11H9NO4. The molecule has 2 N–H and O–H groups in total. The maximum Gasteiger partial charge on any atom is 0.255 e. The van der Waals surface area contributed by atoms with Crippen molar-refractivity contribution in [3.05, 3.63) is 40.8 Å². The molecule has 0 atom stereocenters. The summed E-state index contributed by atoms with van der Waals surface area (Å²) in [5, 5.41) is 0.407. The summed E-state index contributed by atoms with van der Waals surface area (Å²) in [6.07, 6.45) is 1.17. The normalized spacial score (nSPS) is 10.2. The van der Waals surface area contributed by atoms with E-state index in [4.69, 9.17) is 14.9 Å². The van der Waals surface area contributed by atoms with Crippen molar-refractivity contribution in [1.29, 1.82) is 0 Å². The summed E-state index contributed by atoms with van der Waals surface area (Å²) in [4.78, 5) is 22.3. The Labute approximate surface area is 90.4 Å². The highest BCUT2D eigenvalue weighted by molar-refractivity contribution is 5.78. The number of para-hydroxylation sites is 1. The van der Waals surface area contributed by atoms with Gasteiger partial charge in [0.2, 0.25) is 11.2 Å². The fourth-order valence-electron chi connectivity index (χ4n) is 1.31. The topological polar surface area (TPSA) is 82.5 Å². The molecule has 1 aromatic heterocycles. The van der Waals surface area contributed by atoms with Crippen LogP contribution in [-0.2, 0) is 4.79 Å². The largest absolute Gasteiger partial charge is 0.477 e. The summed E-state index contributed by atoms with van der Waals surface area (Å²) in [5.41, 5.74) is 5.06. The average Bonchev–Trinajstić information content (AvgIpc) is 2.28. The van der Waals surface area contributed by atoms with Gasteiger partial charge in [-0.1, -0.05) is 12.1 Å². The van der Waals surface area contributed by atoms with Crippen LogP contribution in [0, 0.1) is 0 Å². The van der Waals surface area contributed by atoms with Crippen molar-refractivity contribution < 1.29 is 13.9 Å². The number of hydrogen-bond donors (Lipinski definition) is 1. The molecule has 0 bridgehead atoms. The van der Waals surface area contributed by atoms with Gasteiger partial charge in [-0.15, -0.1) is 0 Å². The third-order valence-electron chi connectivity index (χ3n) is 2.02. The lowest BCUT2D eigenvalue weighted by atomic mass is 10.2. The van der Waals surface area contributed by atoms with E-state index in [9.17, 15) is 9.59 Å². The minimum atomic E-state index is -0.646. The molecule has 0 fully saturated rings. The van der Waals surface area contributed by atoms with Gasteiger partial charge in [-0.25, -0.2) is 0 Å². The summed E-state index contributed by atoms with van der Waals surface area (Å²) >= 11 is 0. The third kappa shape index (κ3) is 1.88. The van der Waals surface area contributed by atoms with Crippen molar-refractivity contribution >= 4 is 16.9 Å². The molecule has 0 aliphatic heterocycles. The zero-order chi connectivity index (χ0) is 11.5. The summed E-state index contributed by atoms with van der Waals surface area (Å²) in [6, 6.07) is 6.78. The zero-order valence-electron chi connectivity index (χ0n) is 8.30. The van der Waals surface area contributed by atoms with Gasteiger partial charge in [0.15, 0.2) is 6.61 Å². The van der Waals surface area contributed by atoms with Crippen LogP contribution in [0.4, 0.5) is 0 Å². The average molecular weight is 219 g/mol. The van der Waals surface area contributed by atoms with E-state index in [2.05, 4.69) is 0 Å². The minimum absolute atomic E-state index is 0.0162. The second-order valence-corrected chi connectivity index (χ2v) is 3.18. The molecule has 2 aromatic rings. The van der Waals surface area contributed by atoms with Gasteiger partial charge >= 0.3 is 0 Å². The number of fused-ring (bicyclic) bond motifs is 1. The van der Waals surface area contributed by atoms with Crippen LogP contribution in [0.25, 0.3) is 11.0 Å². The Balaban J connectivity index is 2.45. The Hall–Kier alpha value is -2.30. The molecule has 1 aromatic carbocycles. The van der Waals surface area contributed by atoms with E-state index in [0.29, 0.717) is 11.0 Å². The van der Waals surface area contributed by atoms with Gasteiger partial charge in [-0.3, -0.25) is 9.59 Å². The first-order valence-corrected chi connectivity index (χ1v) is 4.60. The van der Waals surface area contributed by atoms with E-state index in [1.165, 1.54) is 6.26 Å². The highest BCUT2D eigenvalue weighted by Crippen LogP contribution is 2.14. The van der Waals surface area contributed by atoms with E-state index in [1.807, 2.05) is 0 Å². The predicted molar refractivity (Wildman–Crippen MR) is 57.2 cm³/mol. The Morgan fingerprint density at radius 1 is 1.38 bits per heavy atom. The third-order valence-corrected chi connectivity index (χ3v) is 2.02. The highest BCUT2D eigenvalue weighted by atomic mass is 16.5. The van der Waals surface area contributed by atoms with E-state index in [1.54, 1.807) is 24.3 Å². The van der Waals surface area contributed by atoms with Crippen molar-refractivity contribution in [2.75, 3.05) is 6.61 Å². The molecule has 82 valence electrons. The van der Waals surface area contributed by atoms with Crippen LogP contribution in [0.5, 0.6) is 5.75 Å². The van der Waals surface area contributed by atoms with E-state index < -0.39 is 5.91 Å². The second kappa shape index (κ2) is 4.06. The monoisotopic (exact) mass is 219 g/mol. The molecule has 5 heteroatoms. The molecule has 0 radical (unpaired) electrons. The lowest BCUT2D eigenvalue weighted by Gasteiger charge is -2.02. The first kappa shape index (κ1) is 10.2. The zero-order valence-corrected chi connectivity index (χ0v) is 8.30. The molecule has 5 nitrogen and oxygen atoms in total. The second-order valence-electron chi connectivity index (χ2n) is 3.18. The first-order valence-electron chi connectivity index (χ1n) is 4.60. The van der Waals surface area contributed by atoms with Gasteiger partial charge in [0.1, 0.15) is 11.8 Å². The van der Waals surface area contributed by atoms with Crippen LogP contribution in [-0.4, -0.2) is 12.5 Å². The van der Waals surface area contributed by atoms with Crippen LogP contribution in [0.15, 0.2) is 39.7 Å². The van der Waals surface area contributed by atoms with Crippen LogP contribution in [0.1, 0.15) is 0 Å². The molecule has 0 saturated heterocycles. The summed E-state index contributed by atoms with van der Waals surface area (Å²) < 4.78 is 10.1. The van der Waals surface area contributed by atoms with Crippen LogP contribution >= 0.6 is 0 Å². The number of hydrogen-bond acceptors (Lipinski definition) is 4. The van der Waals surface area contributed by atoms with Crippen molar-refractivity contribution in [3.63, 3.8) is 0 Å². The number of carbonyl (C=O) groups is 1. The molecule has 1 heterocycles. The van der Waals surface area contributed by atoms with Gasteiger partial charge in [-0.2, -0.15) is 0 Å².